The van der Waals surface area contributed by atoms with Gasteiger partial charge in [0, 0.05) is 39.3 Å². The fourth-order valence-corrected chi connectivity index (χ4v) is 1.96. The smallest absolute Gasteiger partial charge is 0.0353 e. The Hall–Kier alpha value is -0.940. The van der Waals surface area contributed by atoms with E-state index in [1.807, 2.05) is 0 Å². The lowest BCUT2D eigenvalue weighted by Gasteiger charge is -2.32. The van der Waals surface area contributed by atoms with Crippen molar-refractivity contribution in [3.63, 3.8) is 0 Å². The number of nitrogens with zero attached hydrogens (tertiary/aromatic N) is 2. The molecule has 0 atom stereocenters. The maximum absolute atomic E-state index is 5.58. The van der Waals surface area contributed by atoms with Crippen molar-refractivity contribution in [3.8, 4) is 0 Å². The molecule has 0 radical (unpaired) electrons. The maximum Gasteiger partial charge on any atom is 0.0353 e. The van der Waals surface area contributed by atoms with Crippen LogP contribution in [-0.4, -0.2) is 43.1 Å². The molecule has 0 aliphatic carbocycles. The predicted molar refractivity (Wildman–Crippen MR) is 70.2 cm³/mol. The van der Waals surface area contributed by atoms with E-state index in [1.165, 1.54) is 11.1 Å². The zero-order chi connectivity index (χ0) is 12.1. The molecule has 0 amide bonds. The summed E-state index contributed by atoms with van der Waals surface area (Å²) in [5.41, 5.74) is 11.5. The van der Waals surface area contributed by atoms with E-state index in [2.05, 4.69) is 46.6 Å². The van der Waals surface area contributed by atoms with E-state index in [4.69, 9.17) is 5.73 Å². The molecule has 4 nitrogen and oxygen atoms in total. The van der Waals surface area contributed by atoms with Crippen molar-refractivity contribution in [1.82, 2.24) is 15.3 Å². The molecule has 17 heavy (non-hydrogen) atoms. The summed E-state index contributed by atoms with van der Waals surface area (Å²) in [5, 5.41) is 2.30. The third-order valence-corrected chi connectivity index (χ3v) is 3.27. The van der Waals surface area contributed by atoms with Crippen LogP contribution in [0.25, 0.3) is 0 Å². The van der Waals surface area contributed by atoms with Crippen LogP contribution < -0.4 is 11.2 Å². The van der Waals surface area contributed by atoms with E-state index in [1.54, 1.807) is 0 Å². The molecule has 2 rings (SSSR count). The van der Waals surface area contributed by atoms with Crippen LogP contribution in [0.2, 0.25) is 0 Å². The summed E-state index contributed by atoms with van der Waals surface area (Å²) in [4.78, 5) is 2.36. The van der Waals surface area contributed by atoms with Gasteiger partial charge in [-0.3, -0.25) is 5.43 Å². The molecular weight excluding hydrogens is 212 g/mol. The van der Waals surface area contributed by atoms with E-state index >= 15 is 0 Å². The molecule has 1 aromatic carbocycles. The van der Waals surface area contributed by atoms with E-state index in [-0.39, 0.29) is 0 Å². The van der Waals surface area contributed by atoms with Gasteiger partial charge in [-0.25, -0.2) is 5.01 Å². The monoisotopic (exact) mass is 234 g/mol. The molecule has 1 fully saturated rings. The average Bonchev–Trinajstić information content (AvgIpc) is 2.39. The topological polar surface area (TPSA) is 44.5 Å². The number of nitrogens with one attached hydrogen (secondary N) is 1. The highest BCUT2D eigenvalue weighted by Gasteiger charge is 2.12. The summed E-state index contributed by atoms with van der Waals surface area (Å²) in [7, 11) is 2.17. The Kier molecular flexibility index (Phi) is 4.50. The first-order valence-electron chi connectivity index (χ1n) is 6.23. The Balaban J connectivity index is 1.77. The Morgan fingerprint density at radius 1 is 1.06 bits per heavy atom. The summed E-state index contributed by atoms with van der Waals surface area (Å²) in [6.07, 6.45) is 0. The van der Waals surface area contributed by atoms with Crippen LogP contribution in [0, 0.1) is 0 Å². The van der Waals surface area contributed by atoms with Crippen LogP contribution in [-0.2, 0) is 13.1 Å². The second-order valence-electron chi connectivity index (χ2n) is 4.65. The molecule has 0 aromatic heterocycles. The zero-order valence-corrected chi connectivity index (χ0v) is 10.5. The lowest BCUT2D eigenvalue weighted by atomic mass is 10.1. The quantitative estimate of drug-likeness (QED) is 0.791. The van der Waals surface area contributed by atoms with Crippen molar-refractivity contribution in [1.29, 1.82) is 0 Å². The molecule has 0 spiro atoms. The van der Waals surface area contributed by atoms with Crippen molar-refractivity contribution >= 4 is 0 Å². The molecule has 0 unspecified atom stereocenters. The van der Waals surface area contributed by atoms with Crippen molar-refractivity contribution < 1.29 is 0 Å². The van der Waals surface area contributed by atoms with Gasteiger partial charge < -0.3 is 10.6 Å². The average molecular weight is 234 g/mol. The number of benzene rings is 1. The molecule has 1 saturated heterocycles. The van der Waals surface area contributed by atoms with Gasteiger partial charge in [0.15, 0.2) is 0 Å². The highest BCUT2D eigenvalue weighted by atomic mass is 15.5. The summed E-state index contributed by atoms with van der Waals surface area (Å²) in [6, 6.07) is 8.48. The van der Waals surface area contributed by atoms with Crippen molar-refractivity contribution in [3.05, 3.63) is 35.4 Å². The molecule has 0 bridgehead atoms. The minimum Gasteiger partial charge on any atom is -0.326 e. The number of likely N-dealkylation sites (N-methyl/N-ethyl adjacent to an activating group) is 1. The van der Waals surface area contributed by atoms with E-state index < -0.39 is 0 Å². The molecule has 3 N–H and O–H groups in total. The second kappa shape index (κ2) is 6.12. The number of rotatable bonds is 4. The van der Waals surface area contributed by atoms with Crippen LogP contribution in [0.15, 0.2) is 24.3 Å². The fourth-order valence-electron chi connectivity index (χ4n) is 1.96. The lowest BCUT2D eigenvalue weighted by molar-refractivity contribution is 0.102. The third-order valence-electron chi connectivity index (χ3n) is 3.27. The third kappa shape index (κ3) is 3.78. The normalized spacial score (nSPS) is 18.5. The van der Waals surface area contributed by atoms with E-state index in [0.29, 0.717) is 6.54 Å². The van der Waals surface area contributed by atoms with Crippen molar-refractivity contribution in [2.24, 2.45) is 5.73 Å². The van der Waals surface area contributed by atoms with Gasteiger partial charge in [0.05, 0.1) is 0 Å². The largest absolute Gasteiger partial charge is 0.326 e. The Morgan fingerprint density at radius 2 is 1.65 bits per heavy atom. The summed E-state index contributed by atoms with van der Waals surface area (Å²) in [6.45, 7) is 5.98. The highest BCUT2D eigenvalue weighted by Crippen LogP contribution is 2.04. The van der Waals surface area contributed by atoms with E-state index in [0.717, 1.165) is 32.7 Å². The van der Waals surface area contributed by atoms with Gasteiger partial charge in [-0.15, -0.1) is 0 Å². The number of hydrogen-bond acceptors (Lipinski definition) is 4. The van der Waals surface area contributed by atoms with Gasteiger partial charge in [-0.05, 0) is 18.2 Å². The fraction of sp³-hybridized carbons (Fsp3) is 0.538. The molecule has 1 aliphatic rings. The molecule has 94 valence electrons. The first kappa shape index (κ1) is 12.5. The summed E-state index contributed by atoms with van der Waals surface area (Å²) < 4.78 is 0. The standard InChI is InChI=1S/C13H22N4/c1-16-6-8-17(9-7-16)15-11-13-4-2-12(10-14)3-5-13/h2-5,15H,6-11,14H2,1H3. The molecule has 0 saturated carbocycles. The van der Waals surface area contributed by atoms with Crippen LogP contribution >= 0.6 is 0 Å². The number of hydrazine groups is 1. The van der Waals surface area contributed by atoms with Gasteiger partial charge in [-0.2, -0.15) is 0 Å². The SMILES string of the molecule is CN1CCN(NCc2ccc(CN)cc2)CC1. The number of nitrogens with two attached hydrogens (primary N) is 1. The maximum atomic E-state index is 5.58. The van der Waals surface area contributed by atoms with Crippen LogP contribution in [0.1, 0.15) is 11.1 Å². The molecule has 1 heterocycles. The lowest BCUT2D eigenvalue weighted by Crippen LogP contribution is -2.50. The Morgan fingerprint density at radius 3 is 2.24 bits per heavy atom. The van der Waals surface area contributed by atoms with Gasteiger partial charge >= 0.3 is 0 Å². The Labute approximate surface area is 103 Å². The van der Waals surface area contributed by atoms with Crippen LogP contribution in [0.4, 0.5) is 0 Å². The minimum atomic E-state index is 0.617. The van der Waals surface area contributed by atoms with Gasteiger partial charge in [-0.1, -0.05) is 24.3 Å². The van der Waals surface area contributed by atoms with E-state index in [9.17, 15) is 0 Å². The van der Waals surface area contributed by atoms with Gasteiger partial charge in [0.25, 0.3) is 0 Å². The Bertz CT molecular complexity index is 328. The van der Waals surface area contributed by atoms with Crippen molar-refractivity contribution in [2.45, 2.75) is 13.1 Å². The second-order valence-corrected chi connectivity index (χ2v) is 4.65. The van der Waals surface area contributed by atoms with Crippen LogP contribution in [0.3, 0.4) is 0 Å². The van der Waals surface area contributed by atoms with Gasteiger partial charge in [0.1, 0.15) is 0 Å². The minimum absolute atomic E-state index is 0.617. The molecule has 4 heteroatoms. The number of piperazine rings is 1. The summed E-state index contributed by atoms with van der Waals surface area (Å²) >= 11 is 0. The molecule has 1 aliphatic heterocycles. The van der Waals surface area contributed by atoms with Crippen LogP contribution in [0.5, 0.6) is 0 Å². The first-order valence-corrected chi connectivity index (χ1v) is 6.23. The predicted octanol–water partition coefficient (Wildman–Crippen LogP) is 0.397. The van der Waals surface area contributed by atoms with Crippen molar-refractivity contribution in [2.75, 3.05) is 33.2 Å². The van der Waals surface area contributed by atoms with Gasteiger partial charge in [0.2, 0.25) is 0 Å². The number of hydrogen-bond donors (Lipinski definition) is 2. The first-order chi connectivity index (χ1) is 8.28. The highest BCUT2D eigenvalue weighted by molar-refractivity contribution is 5.22. The molecular formula is C13H22N4. The zero-order valence-electron chi connectivity index (χ0n) is 10.5. The molecule has 1 aromatic rings. The summed E-state index contributed by atoms with van der Waals surface area (Å²) in [5.74, 6) is 0.